The van der Waals surface area contributed by atoms with Crippen LogP contribution in [0.3, 0.4) is 0 Å². The second-order valence-electron chi connectivity index (χ2n) is 9.09. The van der Waals surface area contributed by atoms with Crippen LogP contribution in [0.25, 0.3) is 11.5 Å². The van der Waals surface area contributed by atoms with Crippen molar-refractivity contribution in [2.75, 3.05) is 30.4 Å². The normalized spacial score (nSPS) is 18.0. The molecule has 1 amide bonds. The molecule has 9 nitrogen and oxygen atoms in total. The average Bonchev–Trinajstić information content (AvgIpc) is 3.52. The van der Waals surface area contributed by atoms with Gasteiger partial charge in [0, 0.05) is 31.2 Å². The topological polar surface area (TPSA) is 83.3 Å². The molecule has 1 fully saturated rings. The van der Waals surface area contributed by atoms with E-state index in [2.05, 4.69) is 26.9 Å². The third-order valence-corrected chi connectivity index (χ3v) is 6.50. The lowest BCUT2D eigenvalue weighted by molar-refractivity contribution is 0.0996. The molecular formula is C24H30N8O. The van der Waals surface area contributed by atoms with Gasteiger partial charge in [0.25, 0.3) is 5.91 Å². The number of rotatable bonds is 6. The van der Waals surface area contributed by atoms with Crippen LogP contribution in [0.4, 0.5) is 11.6 Å². The Balaban J connectivity index is 1.52. The lowest BCUT2D eigenvalue weighted by Crippen LogP contribution is -2.28. The minimum Gasteiger partial charge on any atom is -0.354 e. The zero-order chi connectivity index (χ0) is 23.1. The summed E-state index contributed by atoms with van der Waals surface area (Å²) in [4.78, 5) is 29.6. The highest BCUT2D eigenvalue weighted by Crippen LogP contribution is 2.34. The van der Waals surface area contributed by atoms with Crippen LogP contribution >= 0.6 is 0 Å². The number of amides is 1. The summed E-state index contributed by atoms with van der Waals surface area (Å²) in [5.74, 6) is 2.20. The van der Waals surface area contributed by atoms with Crippen molar-refractivity contribution >= 4 is 17.5 Å². The smallest absolute Gasteiger partial charge is 0.260 e. The maximum absolute atomic E-state index is 13.6. The zero-order valence-electron chi connectivity index (χ0n) is 19.7. The van der Waals surface area contributed by atoms with Gasteiger partial charge in [0.15, 0.2) is 5.82 Å². The predicted molar refractivity (Wildman–Crippen MR) is 127 cm³/mol. The lowest BCUT2D eigenvalue weighted by atomic mass is 10.1. The fourth-order valence-electron chi connectivity index (χ4n) is 4.77. The molecule has 0 bridgehead atoms. The van der Waals surface area contributed by atoms with Crippen molar-refractivity contribution < 1.29 is 4.79 Å². The lowest BCUT2D eigenvalue weighted by Gasteiger charge is -2.24. The zero-order valence-corrected chi connectivity index (χ0v) is 19.7. The summed E-state index contributed by atoms with van der Waals surface area (Å²) in [6.45, 7) is 7.15. The molecule has 0 unspecified atom stereocenters. The van der Waals surface area contributed by atoms with Crippen molar-refractivity contribution in [3.63, 3.8) is 0 Å². The first-order valence-corrected chi connectivity index (χ1v) is 11.6. The van der Waals surface area contributed by atoms with Crippen LogP contribution in [0.5, 0.6) is 0 Å². The maximum Gasteiger partial charge on any atom is 0.260 e. The largest absolute Gasteiger partial charge is 0.354 e. The van der Waals surface area contributed by atoms with E-state index in [9.17, 15) is 4.79 Å². The molecule has 33 heavy (non-hydrogen) atoms. The number of carbonyl (C=O) groups excluding carboxylic acids is 1. The molecule has 1 atom stereocenters. The van der Waals surface area contributed by atoms with Gasteiger partial charge < -0.3 is 14.4 Å². The first-order chi connectivity index (χ1) is 16.0. The summed E-state index contributed by atoms with van der Waals surface area (Å²) >= 11 is 0. The fourth-order valence-corrected chi connectivity index (χ4v) is 4.77. The Morgan fingerprint density at radius 3 is 2.76 bits per heavy atom. The van der Waals surface area contributed by atoms with Crippen LogP contribution in [0.2, 0.25) is 0 Å². The van der Waals surface area contributed by atoms with Crippen molar-refractivity contribution in [3.05, 3.63) is 47.4 Å². The Labute approximate surface area is 194 Å². The van der Waals surface area contributed by atoms with Crippen LogP contribution in [0, 0.1) is 0 Å². The monoisotopic (exact) mass is 446 g/mol. The van der Waals surface area contributed by atoms with E-state index in [0.29, 0.717) is 36.5 Å². The summed E-state index contributed by atoms with van der Waals surface area (Å²) in [5.41, 5.74) is 3.39. The van der Waals surface area contributed by atoms with Crippen molar-refractivity contribution in [2.24, 2.45) is 0 Å². The van der Waals surface area contributed by atoms with E-state index in [1.54, 1.807) is 11.2 Å². The number of pyridine rings is 2. The second kappa shape index (κ2) is 8.55. The number of aryl methyl sites for hydroxylation is 1. The highest BCUT2D eigenvalue weighted by Gasteiger charge is 2.34. The summed E-state index contributed by atoms with van der Waals surface area (Å²) < 4.78 is 1.94. The van der Waals surface area contributed by atoms with Gasteiger partial charge in [-0.05, 0) is 59.0 Å². The second-order valence-corrected chi connectivity index (χ2v) is 9.09. The minimum absolute atomic E-state index is 0.0258. The Morgan fingerprint density at radius 2 is 2.03 bits per heavy atom. The average molecular weight is 447 g/mol. The van der Waals surface area contributed by atoms with Gasteiger partial charge in [0.05, 0.1) is 17.8 Å². The molecule has 5 rings (SSSR count). The number of aromatic nitrogens is 5. The van der Waals surface area contributed by atoms with Crippen molar-refractivity contribution in [3.8, 4) is 11.5 Å². The summed E-state index contributed by atoms with van der Waals surface area (Å²) in [5, 5.41) is 8.23. The van der Waals surface area contributed by atoms with Gasteiger partial charge in [-0.25, -0.2) is 9.97 Å². The SMILES string of the molecule is CCn1cnnc1-c1cccc(N2Cc3c(cc(N4CCC[C@H]4C)nc3CN(C)C)C2=O)n1. The van der Waals surface area contributed by atoms with Crippen molar-refractivity contribution in [2.45, 2.75) is 52.4 Å². The fraction of sp³-hybridized carbons (Fsp3) is 0.458. The molecule has 2 aliphatic rings. The molecule has 3 aromatic heterocycles. The van der Waals surface area contributed by atoms with Gasteiger partial charge in [-0.15, -0.1) is 10.2 Å². The van der Waals surface area contributed by atoms with Crippen LogP contribution in [-0.4, -0.2) is 62.2 Å². The third-order valence-electron chi connectivity index (χ3n) is 6.50. The van der Waals surface area contributed by atoms with E-state index in [1.165, 1.54) is 0 Å². The van der Waals surface area contributed by atoms with Gasteiger partial charge in [0.1, 0.15) is 23.7 Å². The maximum atomic E-state index is 13.6. The van der Waals surface area contributed by atoms with E-state index >= 15 is 0 Å². The van der Waals surface area contributed by atoms with E-state index in [0.717, 1.165) is 48.6 Å². The molecule has 0 aromatic carbocycles. The van der Waals surface area contributed by atoms with Gasteiger partial charge in [-0.2, -0.15) is 0 Å². The summed E-state index contributed by atoms with van der Waals surface area (Å²) in [7, 11) is 4.06. The van der Waals surface area contributed by atoms with Gasteiger partial charge in [-0.1, -0.05) is 6.07 Å². The van der Waals surface area contributed by atoms with Gasteiger partial charge in [0.2, 0.25) is 0 Å². The van der Waals surface area contributed by atoms with E-state index in [-0.39, 0.29) is 5.91 Å². The van der Waals surface area contributed by atoms with Crippen LogP contribution in [0.1, 0.15) is 48.3 Å². The Kier molecular flexibility index (Phi) is 5.57. The van der Waals surface area contributed by atoms with Crippen LogP contribution in [-0.2, 0) is 19.6 Å². The minimum atomic E-state index is -0.0258. The number of fused-ring (bicyclic) bond motifs is 1. The molecule has 0 saturated carbocycles. The quantitative estimate of drug-likeness (QED) is 0.576. The van der Waals surface area contributed by atoms with Crippen LogP contribution in [0.15, 0.2) is 30.6 Å². The Morgan fingerprint density at radius 1 is 1.18 bits per heavy atom. The molecule has 172 valence electrons. The van der Waals surface area contributed by atoms with E-state index < -0.39 is 0 Å². The molecule has 0 spiro atoms. The molecule has 0 radical (unpaired) electrons. The highest BCUT2D eigenvalue weighted by atomic mass is 16.2. The standard InChI is InChI=1S/C24H30N8O/c1-5-30-15-25-28-23(30)19-9-6-10-21(26-19)32-13-18-17(24(32)33)12-22(27-20(18)14-29(3)4)31-11-7-8-16(31)2/h6,9-10,12,15-16H,5,7-8,11,13-14H2,1-4H3/t16-/m1/s1. The molecule has 9 heteroatoms. The van der Waals surface area contributed by atoms with Gasteiger partial charge >= 0.3 is 0 Å². The number of anilines is 2. The highest BCUT2D eigenvalue weighted by molar-refractivity contribution is 6.10. The summed E-state index contributed by atoms with van der Waals surface area (Å²) in [6.07, 6.45) is 4.00. The number of hydrogen-bond acceptors (Lipinski definition) is 7. The summed E-state index contributed by atoms with van der Waals surface area (Å²) in [6, 6.07) is 8.11. The molecule has 2 aliphatic heterocycles. The van der Waals surface area contributed by atoms with E-state index in [4.69, 9.17) is 9.97 Å². The molecule has 3 aromatic rings. The number of hydrogen-bond donors (Lipinski definition) is 0. The number of carbonyl (C=O) groups is 1. The van der Waals surface area contributed by atoms with Crippen LogP contribution < -0.4 is 9.80 Å². The molecule has 1 saturated heterocycles. The van der Waals surface area contributed by atoms with Crippen molar-refractivity contribution in [1.82, 2.24) is 29.6 Å². The number of nitrogens with zero attached hydrogens (tertiary/aromatic N) is 8. The van der Waals surface area contributed by atoms with Crippen molar-refractivity contribution in [1.29, 1.82) is 0 Å². The molecule has 5 heterocycles. The molecule has 0 aliphatic carbocycles. The molecule has 0 N–H and O–H groups in total. The first-order valence-electron chi connectivity index (χ1n) is 11.6. The Hall–Kier alpha value is -3.33. The predicted octanol–water partition coefficient (Wildman–Crippen LogP) is 2.97. The van der Waals surface area contributed by atoms with E-state index in [1.807, 2.05) is 49.9 Å². The third kappa shape index (κ3) is 3.86. The first kappa shape index (κ1) is 21.5. The Bertz CT molecular complexity index is 1190. The van der Waals surface area contributed by atoms with Gasteiger partial charge in [-0.3, -0.25) is 9.69 Å². The molecular weight excluding hydrogens is 416 g/mol.